The highest BCUT2D eigenvalue weighted by Gasteiger charge is 2.07. The van der Waals surface area contributed by atoms with Gasteiger partial charge in [-0.15, -0.1) is 11.8 Å². The maximum absolute atomic E-state index is 10.6. The quantitative estimate of drug-likeness (QED) is 0.383. The van der Waals surface area contributed by atoms with Crippen LogP contribution in [0.1, 0.15) is 23.6 Å². The summed E-state index contributed by atoms with van der Waals surface area (Å²) in [5.74, 6) is 0.174. The van der Waals surface area contributed by atoms with Crippen LogP contribution in [0, 0.1) is 0 Å². The number of ether oxygens (including phenoxy) is 1. The molecule has 0 radical (unpaired) electrons. The van der Waals surface area contributed by atoms with E-state index in [1.807, 2.05) is 24.3 Å². The summed E-state index contributed by atoms with van der Waals surface area (Å²) in [6.45, 7) is 1.77. The highest BCUT2D eigenvalue weighted by Crippen LogP contribution is 2.32. The van der Waals surface area contributed by atoms with Crippen molar-refractivity contribution in [2.45, 2.75) is 18.2 Å². The lowest BCUT2D eigenvalue weighted by molar-refractivity contribution is -0.139. The standard InChI is InChI=1S/C25H23ClO3S/c1-2-18-8-10-20(11-9-18)22(19-6-4-3-5-7-19)14-15-30-24-13-12-21(16-23(24)26)29-17-25(27)28/h3-14,16H,2,15,17H2,1H3,(H,27,28)/b22-14-. The van der Waals surface area contributed by atoms with Crippen molar-refractivity contribution in [1.82, 2.24) is 0 Å². The van der Waals surface area contributed by atoms with Crippen LogP contribution in [0.4, 0.5) is 0 Å². The normalized spacial score (nSPS) is 11.3. The van der Waals surface area contributed by atoms with E-state index in [-0.39, 0.29) is 6.61 Å². The van der Waals surface area contributed by atoms with E-state index in [4.69, 9.17) is 21.4 Å². The summed E-state index contributed by atoms with van der Waals surface area (Å²) in [5, 5.41) is 9.26. The number of hydrogen-bond donors (Lipinski definition) is 1. The van der Waals surface area contributed by atoms with Gasteiger partial charge >= 0.3 is 5.97 Å². The van der Waals surface area contributed by atoms with Crippen LogP contribution < -0.4 is 4.74 Å². The largest absolute Gasteiger partial charge is 0.482 e. The van der Waals surface area contributed by atoms with E-state index in [9.17, 15) is 4.79 Å². The van der Waals surface area contributed by atoms with Gasteiger partial charge in [0.2, 0.25) is 0 Å². The molecule has 0 heterocycles. The van der Waals surface area contributed by atoms with Gasteiger partial charge in [-0.2, -0.15) is 0 Å². The summed E-state index contributed by atoms with van der Waals surface area (Å²) in [6, 6.07) is 24.3. The van der Waals surface area contributed by atoms with Crippen LogP contribution in [0.25, 0.3) is 5.57 Å². The van der Waals surface area contributed by atoms with Crippen molar-refractivity contribution >= 4 is 34.9 Å². The van der Waals surface area contributed by atoms with Crippen LogP contribution in [0.2, 0.25) is 5.02 Å². The van der Waals surface area contributed by atoms with Crippen molar-refractivity contribution in [3.05, 3.63) is 101 Å². The van der Waals surface area contributed by atoms with Gasteiger partial charge in [0.25, 0.3) is 0 Å². The lowest BCUT2D eigenvalue weighted by Gasteiger charge is -2.11. The van der Waals surface area contributed by atoms with E-state index in [1.54, 1.807) is 23.9 Å². The van der Waals surface area contributed by atoms with Gasteiger partial charge in [0, 0.05) is 10.6 Å². The smallest absolute Gasteiger partial charge is 0.341 e. The van der Waals surface area contributed by atoms with Crippen LogP contribution in [-0.2, 0) is 11.2 Å². The summed E-state index contributed by atoms with van der Waals surface area (Å²) >= 11 is 7.98. The first-order chi connectivity index (χ1) is 14.6. The Hall–Kier alpha value is -2.69. The zero-order chi connectivity index (χ0) is 21.3. The Kier molecular flexibility index (Phi) is 8.00. The van der Waals surface area contributed by atoms with Crippen molar-refractivity contribution in [2.24, 2.45) is 0 Å². The predicted molar refractivity (Wildman–Crippen MR) is 125 cm³/mol. The van der Waals surface area contributed by atoms with Gasteiger partial charge in [-0.05, 0) is 46.9 Å². The second kappa shape index (κ2) is 10.9. The Bertz CT molecular complexity index is 1010. The number of carboxylic acid groups (broad SMARTS) is 1. The van der Waals surface area contributed by atoms with Gasteiger partial charge in [-0.25, -0.2) is 4.79 Å². The fourth-order valence-corrected chi connectivity index (χ4v) is 4.11. The SMILES string of the molecule is CCc1ccc(/C(=C\CSc2ccc(OCC(=O)O)cc2Cl)c2ccccc2)cc1. The highest BCUT2D eigenvalue weighted by atomic mass is 35.5. The number of halogens is 1. The number of aryl methyl sites for hydroxylation is 1. The molecule has 154 valence electrons. The molecule has 3 aromatic carbocycles. The molecule has 3 aromatic rings. The van der Waals surface area contributed by atoms with Crippen LogP contribution >= 0.6 is 23.4 Å². The zero-order valence-corrected chi connectivity index (χ0v) is 18.2. The lowest BCUT2D eigenvalue weighted by atomic mass is 9.96. The Labute approximate surface area is 186 Å². The van der Waals surface area contributed by atoms with Gasteiger partial charge in [0.15, 0.2) is 6.61 Å². The summed E-state index contributed by atoms with van der Waals surface area (Å²) in [4.78, 5) is 11.6. The second-order valence-corrected chi connectivity index (χ2v) is 8.09. The van der Waals surface area contributed by atoms with Crippen LogP contribution in [-0.4, -0.2) is 23.4 Å². The molecule has 0 aliphatic carbocycles. The number of carbonyl (C=O) groups is 1. The second-order valence-electron chi connectivity index (χ2n) is 6.62. The first-order valence-corrected chi connectivity index (χ1v) is 11.0. The van der Waals surface area contributed by atoms with Gasteiger partial charge in [-0.1, -0.05) is 79.2 Å². The highest BCUT2D eigenvalue weighted by molar-refractivity contribution is 7.99. The van der Waals surface area contributed by atoms with Gasteiger partial charge in [0.05, 0.1) is 5.02 Å². The molecule has 0 bridgehead atoms. The van der Waals surface area contributed by atoms with E-state index in [2.05, 4.69) is 49.4 Å². The fourth-order valence-electron chi connectivity index (χ4n) is 2.99. The molecule has 3 rings (SSSR count). The average molecular weight is 439 g/mol. The maximum Gasteiger partial charge on any atom is 0.341 e. The summed E-state index contributed by atoms with van der Waals surface area (Å²) in [6.07, 6.45) is 3.23. The first kappa shape index (κ1) is 22.0. The number of hydrogen-bond acceptors (Lipinski definition) is 3. The Morgan fingerprint density at radius 3 is 2.37 bits per heavy atom. The molecule has 0 spiro atoms. The summed E-state index contributed by atoms with van der Waals surface area (Å²) < 4.78 is 5.18. The van der Waals surface area contributed by atoms with E-state index >= 15 is 0 Å². The topological polar surface area (TPSA) is 46.5 Å². The molecule has 0 atom stereocenters. The number of benzene rings is 3. The van der Waals surface area contributed by atoms with Crippen molar-refractivity contribution in [3.8, 4) is 5.75 Å². The van der Waals surface area contributed by atoms with E-state index < -0.39 is 5.97 Å². The van der Waals surface area contributed by atoms with Crippen molar-refractivity contribution in [2.75, 3.05) is 12.4 Å². The molecule has 5 heteroatoms. The van der Waals surface area contributed by atoms with Crippen LogP contribution in [0.5, 0.6) is 5.75 Å². The molecular formula is C25H23ClO3S. The predicted octanol–water partition coefficient (Wildman–Crippen LogP) is 6.59. The molecule has 1 N–H and O–H groups in total. The van der Waals surface area contributed by atoms with Crippen LogP contribution in [0.3, 0.4) is 0 Å². The molecule has 3 nitrogen and oxygen atoms in total. The third-order valence-electron chi connectivity index (χ3n) is 4.55. The molecule has 0 aromatic heterocycles. The molecule has 0 aliphatic rings. The minimum absolute atomic E-state index is 0.386. The van der Waals surface area contributed by atoms with Gasteiger partial charge in [-0.3, -0.25) is 0 Å². The van der Waals surface area contributed by atoms with Gasteiger partial charge in [0.1, 0.15) is 5.75 Å². The third-order valence-corrected chi connectivity index (χ3v) is 5.98. The molecule has 30 heavy (non-hydrogen) atoms. The lowest BCUT2D eigenvalue weighted by Crippen LogP contribution is -2.09. The first-order valence-electron chi connectivity index (χ1n) is 9.68. The van der Waals surface area contributed by atoms with Crippen LogP contribution in [0.15, 0.2) is 83.8 Å². The molecule has 0 fully saturated rings. The summed E-state index contributed by atoms with van der Waals surface area (Å²) in [5.41, 5.74) is 4.86. The Morgan fingerprint density at radius 1 is 1.03 bits per heavy atom. The molecule has 0 saturated carbocycles. The van der Waals surface area contributed by atoms with E-state index in [0.29, 0.717) is 10.8 Å². The van der Waals surface area contributed by atoms with Gasteiger partial charge < -0.3 is 9.84 Å². The molecule has 0 amide bonds. The molecule has 0 aliphatic heterocycles. The number of carboxylic acids is 1. The summed E-state index contributed by atoms with van der Waals surface area (Å²) in [7, 11) is 0. The minimum atomic E-state index is -1.02. The van der Waals surface area contributed by atoms with Crippen molar-refractivity contribution in [1.29, 1.82) is 0 Å². The monoisotopic (exact) mass is 438 g/mol. The van der Waals surface area contributed by atoms with Crippen molar-refractivity contribution in [3.63, 3.8) is 0 Å². The average Bonchev–Trinajstić information content (AvgIpc) is 2.77. The Morgan fingerprint density at radius 2 is 1.73 bits per heavy atom. The maximum atomic E-state index is 10.6. The zero-order valence-electron chi connectivity index (χ0n) is 16.7. The molecule has 0 unspecified atom stereocenters. The van der Waals surface area contributed by atoms with Crippen molar-refractivity contribution < 1.29 is 14.6 Å². The van der Waals surface area contributed by atoms with E-state index in [1.165, 1.54) is 22.3 Å². The van der Waals surface area contributed by atoms with E-state index in [0.717, 1.165) is 17.1 Å². The number of aliphatic carboxylic acids is 1. The third kappa shape index (κ3) is 6.15. The molecule has 0 saturated heterocycles. The fraction of sp³-hybridized carbons (Fsp3) is 0.160. The Balaban J connectivity index is 1.77. The molecular weight excluding hydrogens is 416 g/mol. The number of thioether (sulfide) groups is 1. The number of rotatable bonds is 9. The minimum Gasteiger partial charge on any atom is -0.482 e.